The molecule has 180 valence electrons. The second-order valence-electron chi connectivity index (χ2n) is 8.58. The van der Waals surface area contributed by atoms with Crippen molar-refractivity contribution in [3.8, 4) is 17.2 Å². The third kappa shape index (κ3) is 4.64. The molecular formula is C27H25FN2O5. The molecule has 5 rings (SSSR count). The Morgan fingerprint density at radius 3 is 2.60 bits per heavy atom. The van der Waals surface area contributed by atoms with E-state index in [1.54, 1.807) is 12.0 Å². The average molecular weight is 477 g/mol. The van der Waals surface area contributed by atoms with Crippen molar-refractivity contribution >= 4 is 11.8 Å². The lowest BCUT2D eigenvalue weighted by atomic mass is 9.87. The van der Waals surface area contributed by atoms with Gasteiger partial charge in [-0.05, 0) is 53.6 Å². The lowest BCUT2D eigenvalue weighted by Gasteiger charge is -2.20. The van der Waals surface area contributed by atoms with E-state index in [0.717, 1.165) is 11.1 Å². The van der Waals surface area contributed by atoms with Crippen LogP contribution < -0.4 is 19.5 Å². The van der Waals surface area contributed by atoms with Crippen molar-refractivity contribution in [3.63, 3.8) is 0 Å². The molecule has 0 aliphatic carbocycles. The number of methoxy groups -OCH3 is 1. The van der Waals surface area contributed by atoms with E-state index in [1.807, 2.05) is 42.5 Å². The molecule has 1 fully saturated rings. The first kappa shape index (κ1) is 22.7. The Morgan fingerprint density at radius 2 is 1.80 bits per heavy atom. The van der Waals surface area contributed by atoms with Gasteiger partial charge in [0, 0.05) is 31.1 Å². The Kier molecular flexibility index (Phi) is 6.27. The smallest absolute Gasteiger partial charge is 0.253 e. The number of halogens is 1. The number of carbonyl (C=O) groups is 2. The number of hydrogen-bond donors (Lipinski definition) is 1. The molecule has 1 saturated heterocycles. The molecule has 1 N–H and O–H groups in total. The standard InChI is InChI=1S/C27H25FN2O5/c1-33-23-5-3-2-4-20(23)21-14-30(27(32)18-7-9-19(28)10-8-18)15-22(21)26(31)29-13-17-6-11-24-25(12-17)35-16-34-24/h2-12,21-22H,13-16H2,1H3,(H,29,31). The Balaban J connectivity index is 1.36. The summed E-state index contributed by atoms with van der Waals surface area (Å²) in [5, 5.41) is 3.01. The third-order valence-electron chi connectivity index (χ3n) is 6.48. The molecule has 0 aromatic heterocycles. The summed E-state index contributed by atoms with van der Waals surface area (Å²) in [6, 6.07) is 18.5. The van der Waals surface area contributed by atoms with Gasteiger partial charge in [-0.15, -0.1) is 0 Å². The fraction of sp³-hybridized carbons (Fsp3) is 0.259. The van der Waals surface area contributed by atoms with Crippen molar-refractivity contribution in [1.82, 2.24) is 10.2 Å². The SMILES string of the molecule is COc1ccccc1C1CN(C(=O)c2ccc(F)cc2)CC1C(=O)NCc1ccc2c(c1)OCO2. The van der Waals surface area contributed by atoms with Gasteiger partial charge in [0.2, 0.25) is 12.7 Å². The van der Waals surface area contributed by atoms with Gasteiger partial charge in [-0.25, -0.2) is 4.39 Å². The highest BCUT2D eigenvalue weighted by Gasteiger charge is 2.41. The zero-order chi connectivity index (χ0) is 24.4. The van der Waals surface area contributed by atoms with Crippen LogP contribution in [0.25, 0.3) is 0 Å². The van der Waals surface area contributed by atoms with Crippen molar-refractivity contribution in [3.05, 3.63) is 89.2 Å². The van der Waals surface area contributed by atoms with Gasteiger partial charge in [-0.2, -0.15) is 0 Å². The summed E-state index contributed by atoms with van der Waals surface area (Å²) in [6.07, 6.45) is 0. The third-order valence-corrected chi connectivity index (χ3v) is 6.48. The molecular weight excluding hydrogens is 451 g/mol. The maximum Gasteiger partial charge on any atom is 0.253 e. The molecule has 2 heterocycles. The summed E-state index contributed by atoms with van der Waals surface area (Å²) in [5.74, 6) is 0.460. The van der Waals surface area contributed by atoms with E-state index in [1.165, 1.54) is 24.3 Å². The quantitative estimate of drug-likeness (QED) is 0.587. The number of fused-ring (bicyclic) bond motifs is 1. The number of nitrogens with one attached hydrogen (secondary N) is 1. The zero-order valence-electron chi connectivity index (χ0n) is 19.2. The van der Waals surface area contributed by atoms with Gasteiger partial charge < -0.3 is 24.4 Å². The molecule has 7 nitrogen and oxygen atoms in total. The molecule has 0 radical (unpaired) electrons. The predicted octanol–water partition coefficient (Wildman–Crippen LogP) is 3.74. The molecule has 0 saturated carbocycles. The zero-order valence-corrected chi connectivity index (χ0v) is 19.2. The second-order valence-corrected chi connectivity index (χ2v) is 8.58. The van der Waals surface area contributed by atoms with Gasteiger partial charge in [0.15, 0.2) is 11.5 Å². The minimum atomic E-state index is -0.482. The fourth-order valence-electron chi connectivity index (χ4n) is 4.67. The molecule has 2 unspecified atom stereocenters. The molecule has 2 amide bonds. The average Bonchev–Trinajstić information content (AvgIpc) is 3.54. The van der Waals surface area contributed by atoms with Crippen molar-refractivity contribution < 1.29 is 28.2 Å². The number of nitrogens with zero attached hydrogens (tertiary/aromatic N) is 1. The lowest BCUT2D eigenvalue weighted by molar-refractivity contribution is -0.125. The van der Waals surface area contributed by atoms with Gasteiger partial charge in [0.25, 0.3) is 5.91 Å². The number of carbonyl (C=O) groups excluding carboxylic acids is 2. The lowest BCUT2D eigenvalue weighted by Crippen LogP contribution is -2.35. The van der Waals surface area contributed by atoms with E-state index in [2.05, 4.69) is 5.32 Å². The first-order valence-corrected chi connectivity index (χ1v) is 11.4. The molecule has 8 heteroatoms. The maximum atomic E-state index is 13.4. The Hall–Kier alpha value is -4.07. The molecule has 2 aliphatic rings. The number of likely N-dealkylation sites (tertiary alicyclic amines) is 1. The molecule has 0 bridgehead atoms. The first-order valence-electron chi connectivity index (χ1n) is 11.4. The number of benzene rings is 3. The largest absolute Gasteiger partial charge is 0.496 e. The van der Waals surface area contributed by atoms with Crippen LogP contribution in [-0.2, 0) is 11.3 Å². The topological polar surface area (TPSA) is 77.1 Å². The molecule has 3 aromatic carbocycles. The highest BCUT2D eigenvalue weighted by atomic mass is 19.1. The van der Waals surface area contributed by atoms with E-state index in [9.17, 15) is 14.0 Å². The maximum absolute atomic E-state index is 13.4. The Bertz CT molecular complexity index is 1250. The van der Waals surface area contributed by atoms with Crippen LogP contribution in [-0.4, -0.2) is 43.7 Å². The minimum Gasteiger partial charge on any atom is -0.496 e. The summed E-state index contributed by atoms with van der Waals surface area (Å²) in [5.41, 5.74) is 2.13. The van der Waals surface area contributed by atoms with Crippen LogP contribution in [0, 0.1) is 11.7 Å². The van der Waals surface area contributed by atoms with Crippen LogP contribution in [0.3, 0.4) is 0 Å². The van der Waals surface area contributed by atoms with Gasteiger partial charge in [0.1, 0.15) is 11.6 Å². The summed E-state index contributed by atoms with van der Waals surface area (Å²) >= 11 is 0. The van der Waals surface area contributed by atoms with Gasteiger partial charge in [-0.1, -0.05) is 24.3 Å². The van der Waals surface area contributed by atoms with Crippen LogP contribution in [0.2, 0.25) is 0 Å². The highest BCUT2D eigenvalue weighted by molar-refractivity contribution is 5.95. The van der Waals surface area contributed by atoms with Crippen LogP contribution >= 0.6 is 0 Å². The van der Waals surface area contributed by atoms with E-state index < -0.39 is 11.7 Å². The molecule has 0 spiro atoms. The van der Waals surface area contributed by atoms with Crippen molar-refractivity contribution in [1.29, 1.82) is 0 Å². The van der Waals surface area contributed by atoms with Crippen LogP contribution in [0.15, 0.2) is 66.7 Å². The van der Waals surface area contributed by atoms with E-state index in [-0.39, 0.29) is 31.1 Å². The van der Waals surface area contributed by atoms with Crippen molar-refractivity contribution in [2.75, 3.05) is 27.0 Å². The summed E-state index contributed by atoms with van der Waals surface area (Å²) in [4.78, 5) is 28.2. The van der Waals surface area contributed by atoms with Crippen molar-refractivity contribution in [2.24, 2.45) is 5.92 Å². The molecule has 2 atom stereocenters. The summed E-state index contributed by atoms with van der Waals surface area (Å²) in [6.45, 7) is 1.09. The Morgan fingerprint density at radius 1 is 1.03 bits per heavy atom. The fourth-order valence-corrected chi connectivity index (χ4v) is 4.67. The highest BCUT2D eigenvalue weighted by Crippen LogP contribution is 2.38. The second kappa shape index (κ2) is 9.66. The van der Waals surface area contributed by atoms with Crippen LogP contribution in [0.4, 0.5) is 4.39 Å². The van der Waals surface area contributed by atoms with E-state index in [4.69, 9.17) is 14.2 Å². The van der Waals surface area contributed by atoms with Gasteiger partial charge in [-0.3, -0.25) is 9.59 Å². The number of amides is 2. The van der Waals surface area contributed by atoms with Crippen molar-refractivity contribution in [2.45, 2.75) is 12.5 Å². The van der Waals surface area contributed by atoms with E-state index >= 15 is 0 Å². The van der Waals surface area contributed by atoms with E-state index in [0.29, 0.717) is 35.9 Å². The number of para-hydroxylation sites is 1. The Labute approximate surface area is 202 Å². The normalized spacial score (nSPS) is 18.4. The number of ether oxygens (including phenoxy) is 3. The molecule has 3 aromatic rings. The summed E-state index contributed by atoms with van der Waals surface area (Å²) < 4.78 is 29.7. The van der Waals surface area contributed by atoms with Gasteiger partial charge in [0.05, 0.1) is 13.0 Å². The molecule has 2 aliphatic heterocycles. The monoisotopic (exact) mass is 476 g/mol. The molecule has 35 heavy (non-hydrogen) atoms. The predicted molar refractivity (Wildman–Crippen MR) is 126 cm³/mol. The summed E-state index contributed by atoms with van der Waals surface area (Å²) in [7, 11) is 1.59. The number of rotatable bonds is 6. The van der Waals surface area contributed by atoms with Crippen LogP contribution in [0.5, 0.6) is 17.2 Å². The first-order chi connectivity index (χ1) is 17.0. The minimum absolute atomic E-state index is 0.159. The number of hydrogen-bond acceptors (Lipinski definition) is 5. The van der Waals surface area contributed by atoms with Gasteiger partial charge >= 0.3 is 0 Å². The van der Waals surface area contributed by atoms with Crippen LogP contribution in [0.1, 0.15) is 27.4 Å².